The van der Waals surface area contributed by atoms with Crippen molar-refractivity contribution in [2.75, 3.05) is 13.2 Å². The molecule has 0 bridgehead atoms. The number of aromatic nitrogens is 2. The average molecular weight is 515 g/mol. The lowest BCUT2D eigenvalue weighted by atomic mass is 10.0. The predicted molar refractivity (Wildman–Crippen MR) is 120 cm³/mol. The van der Waals surface area contributed by atoms with Crippen LogP contribution < -0.4 is 20.9 Å². The number of halogens is 1. The molecule has 0 radical (unpaired) electrons. The Morgan fingerprint density at radius 1 is 1.31 bits per heavy atom. The van der Waals surface area contributed by atoms with Gasteiger partial charge in [-0.05, 0) is 38.1 Å². The number of hydrogen-bond acceptors (Lipinski definition) is 9. The smallest absolute Gasteiger partial charge is 0.459 e. The maximum atomic E-state index is 13.5. The predicted octanol–water partition coefficient (Wildman–Crippen LogP) is 1.31. The first-order valence-corrected chi connectivity index (χ1v) is 12.4. The molecule has 2 heterocycles. The first-order chi connectivity index (χ1) is 16.5. The van der Waals surface area contributed by atoms with Crippen molar-refractivity contribution in [1.82, 2.24) is 14.6 Å². The van der Waals surface area contributed by atoms with Crippen LogP contribution in [0.25, 0.3) is 0 Å². The summed E-state index contributed by atoms with van der Waals surface area (Å²) in [4.78, 5) is 37.6. The maximum Gasteiger partial charge on any atom is 0.459 e. The van der Waals surface area contributed by atoms with Crippen LogP contribution in [-0.4, -0.2) is 52.1 Å². The number of aromatic amines is 1. The van der Waals surface area contributed by atoms with Gasteiger partial charge in [-0.3, -0.25) is 23.7 Å². The standard InChI is InChI=1S/C21H27FN3O9P/c1-4-31-20(28)13(3)24-35(30,34-15-7-5-14(22)6-8-15)32-11-16-18(27)12(2)19(33-16)25-10-9-17(26)23-21(25)29/h5-10,12-13,16,18-19,27H,4,11H2,1-3H3,(H,24,30)(H,23,26,29). The summed E-state index contributed by atoms with van der Waals surface area (Å²) in [5.74, 6) is -1.85. The van der Waals surface area contributed by atoms with E-state index in [0.717, 1.165) is 22.8 Å². The first kappa shape index (κ1) is 26.8. The van der Waals surface area contributed by atoms with E-state index >= 15 is 0 Å². The Bertz CT molecular complexity index is 1190. The van der Waals surface area contributed by atoms with Gasteiger partial charge in [0.2, 0.25) is 0 Å². The summed E-state index contributed by atoms with van der Waals surface area (Å²) in [6.45, 7) is 4.27. The number of ether oxygens (including phenoxy) is 2. The summed E-state index contributed by atoms with van der Waals surface area (Å²) in [5.41, 5.74) is -1.31. The van der Waals surface area contributed by atoms with Gasteiger partial charge >= 0.3 is 19.4 Å². The molecule has 14 heteroatoms. The van der Waals surface area contributed by atoms with E-state index in [1.807, 2.05) is 0 Å². The van der Waals surface area contributed by atoms with E-state index in [1.54, 1.807) is 13.8 Å². The molecular weight excluding hydrogens is 488 g/mol. The molecule has 1 saturated heterocycles. The number of benzene rings is 1. The Labute approximate surface area is 199 Å². The van der Waals surface area contributed by atoms with Gasteiger partial charge in [0.05, 0.1) is 19.3 Å². The molecule has 0 saturated carbocycles. The molecule has 1 aliphatic heterocycles. The van der Waals surface area contributed by atoms with Crippen molar-refractivity contribution in [2.45, 2.75) is 45.2 Å². The van der Waals surface area contributed by atoms with Crippen molar-refractivity contribution in [2.24, 2.45) is 5.92 Å². The zero-order valence-electron chi connectivity index (χ0n) is 19.3. The van der Waals surface area contributed by atoms with Crippen LogP contribution in [0.5, 0.6) is 5.75 Å². The van der Waals surface area contributed by atoms with E-state index in [-0.39, 0.29) is 12.4 Å². The SMILES string of the molecule is CCOC(=O)C(C)NP(=O)(OCC1OC(n2ccc(=O)[nH]c2=O)C(C)C1O)Oc1ccc(F)cc1. The lowest BCUT2D eigenvalue weighted by molar-refractivity contribution is -0.144. The number of carbonyl (C=O) groups excluding carboxylic acids is 1. The second-order valence-electron chi connectivity index (χ2n) is 7.87. The normalized spacial score (nSPS) is 24.5. The van der Waals surface area contributed by atoms with Gasteiger partial charge in [-0.15, -0.1) is 0 Å². The number of H-pyrrole nitrogens is 1. The number of rotatable bonds is 10. The van der Waals surface area contributed by atoms with E-state index in [4.69, 9.17) is 18.5 Å². The van der Waals surface area contributed by atoms with Gasteiger partial charge in [-0.2, -0.15) is 5.09 Å². The van der Waals surface area contributed by atoms with Crippen molar-refractivity contribution in [3.05, 3.63) is 63.2 Å². The van der Waals surface area contributed by atoms with E-state index in [2.05, 4.69) is 10.1 Å². The van der Waals surface area contributed by atoms with Crippen molar-refractivity contribution >= 4 is 13.7 Å². The van der Waals surface area contributed by atoms with E-state index in [0.29, 0.717) is 0 Å². The van der Waals surface area contributed by atoms with Crippen LogP contribution in [0, 0.1) is 11.7 Å². The molecular formula is C21H27FN3O9P. The minimum Gasteiger partial charge on any atom is -0.465 e. The highest BCUT2D eigenvalue weighted by Crippen LogP contribution is 2.46. The van der Waals surface area contributed by atoms with Gasteiger partial charge in [0.1, 0.15) is 29.9 Å². The molecule has 1 aromatic carbocycles. The Balaban J connectivity index is 1.77. The Hall–Kier alpha value is -2.83. The van der Waals surface area contributed by atoms with E-state index in [9.17, 15) is 28.4 Å². The highest BCUT2D eigenvalue weighted by atomic mass is 31.2. The maximum absolute atomic E-state index is 13.5. The molecule has 6 atom stereocenters. The number of carbonyl (C=O) groups is 1. The second-order valence-corrected chi connectivity index (χ2v) is 9.57. The molecule has 2 aromatic rings. The van der Waals surface area contributed by atoms with E-state index < -0.39 is 67.8 Å². The fraction of sp³-hybridized carbons (Fsp3) is 0.476. The zero-order valence-corrected chi connectivity index (χ0v) is 20.1. The molecule has 0 aliphatic carbocycles. The number of nitrogens with one attached hydrogen (secondary N) is 2. The molecule has 3 N–H and O–H groups in total. The number of aliphatic hydroxyl groups is 1. The zero-order chi connectivity index (χ0) is 25.8. The van der Waals surface area contributed by atoms with Crippen molar-refractivity contribution in [3.63, 3.8) is 0 Å². The number of aliphatic hydroxyl groups excluding tert-OH is 1. The largest absolute Gasteiger partial charge is 0.465 e. The molecule has 3 rings (SSSR count). The van der Waals surface area contributed by atoms with Gasteiger partial charge in [0, 0.05) is 18.2 Å². The molecule has 1 aliphatic rings. The Morgan fingerprint density at radius 2 is 2.00 bits per heavy atom. The Morgan fingerprint density at radius 3 is 2.63 bits per heavy atom. The summed E-state index contributed by atoms with van der Waals surface area (Å²) in [6, 6.07) is 4.67. The van der Waals surface area contributed by atoms with Crippen LogP contribution in [0.3, 0.4) is 0 Å². The van der Waals surface area contributed by atoms with Crippen LogP contribution >= 0.6 is 7.75 Å². The molecule has 1 aromatic heterocycles. The van der Waals surface area contributed by atoms with Crippen LogP contribution in [0.15, 0.2) is 46.1 Å². The molecule has 12 nitrogen and oxygen atoms in total. The van der Waals surface area contributed by atoms with Gasteiger partial charge < -0.3 is 19.1 Å². The summed E-state index contributed by atoms with van der Waals surface area (Å²) in [7, 11) is -4.28. The van der Waals surface area contributed by atoms with Crippen LogP contribution in [-0.2, 0) is 23.4 Å². The van der Waals surface area contributed by atoms with Gasteiger partial charge in [0.15, 0.2) is 0 Å². The minimum atomic E-state index is -4.28. The second kappa shape index (κ2) is 11.3. The van der Waals surface area contributed by atoms with Crippen LogP contribution in [0.4, 0.5) is 4.39 Å². The van der Waals surface area contributed by atoms with Crippen LogP contribution in [0.1, 0.15) is 27.0 Å². The summed E-state index contributed by atoms with van der Waals surface area (Å²) in [6.07, 6.45) is -1.88. The monoisotopic (exact) mass is 515 g/mol. The van der Waals surface area contributed by atoms with Gasteiger partial charge in [-0.1, -0.05) is 6.92 Å². The Kier molecular flexibility index (Phi) is 8.62. The summed E-state index contributed by atoms with van der Waals surface area (Å²) in [5, 5.41) is 13.1. The lowest BCUT2D eigenvalue weighted by Gasteiger charge is -2.24. The quantitative estimate of drug-likeness (QED) is 0.311. The molecule has 192 valence electrons. The molecule has 1 fully saturated rings. The first-order valence-electron chi connectivity index (χ1n) is 10.8. The molecule has 0 spiro atoms. The molecule has 6 unspecified atom stereocenters. The van der Waals surface area contributed by atoms with Crippen molar-refractivity contribution < 1.29 is 37.4 Å². The van der Waals surface area contributed by atoms with E-state index in [1.165, 1.54) is 25.3 Å². The summed E-state index contributed by atoms with van der Waals surface area (Å²) >= 11 is 0. The third-order valence-corrected chi connectivity index (χ3v) is 6.89. The van der Waals surface area contributed by atoms with Crippen molar-refractivity contribution in [1.29, 1.82) is 0 Å². The third kappa shape index (κ3) is 6.65. The number of hydrogen-bond donors (Lipinski definition) is 3. The highest BCUT2D eigenvalue weighted by molar-refractivity contribution is 7.52. The number of nitrogens with zero attached hydrogens (tertiary/aromatic N) is 1. The van der Waals surface area contributed by atoms with Crippen molar-refractivity contribution in [3.8, 4) is 5.75 Å². The molecule has 35 heavy (non-hydrogen) atoms. The van der Waals surface area contributed by atoms with Gasteiger partial charge in [0.25, 0.3) is 5.56 Å². The molecule has 0 amide bonds. The fourth-order valence-electron chi connectivity index (χ4n) is 3.43. The summed E-state index contributed by atoms with van der Waals surface area (Å²) < 4.78 is 49.5. The topological polar surface area (TPSA) is 158 Å². The average Bonchev–Trinajstić information content (AvgIpc) is 3.08. The van der Waals surface area contributed by atoms with Gasteiger partial charge in [-0.25, -0.2) is 13.8 Å². The number of esters is 1. The minimum absolute atomic E-state index is 0.00258. The van der Waals surface area contributed by atoms with Crippen LogP contribution in [0.2, 0.25) is 0 Å². The highest BCUT2D eigenvalue weighted by Gasteiger charge is 2.44. The third-order valence-electron chi connectivity index (χ3n) is 5.25. The fourth-order valence-corrected chi connectivity index (χ4v) is 4.93. The lowest BCUT2D eigenvalue weighted by Crippen LogP contribution is -2.36.